The van der Waals surface area contributed by atoms with Crippen molar-refractivity contribution in [2.75, 3.05) is 4.90 Å². The van der Waals surface area contributed by atoms with Crippen LogP contribution in [-0.2, 0) is 4.74 Å². The maximum absolute atomic E-state index is 12.9. The van der Waals surface area contributed by atoms with E-state index >= 15 is 0 Å². The van der Waals surface area contributed by atoms with E-state index in [1.165, 1.54) is 29.2 Å². The van der Waals surface area contributed by atoms with Crippen LogP contribution in [0.2, 0.25) is 5.02 Å². The van der Waals surface area contributed by atoms with Crippen LogP contribution in [0.1, 0.15) is 29.9 Å². The molecule has 2 unspecified atom stereocenters. The molecule has 0 spiro atoms. The second kappa shape index (κ2) is 7.36. The number of nitro benzene ring substituents is 1. The van der Waals surface area contributed by atoms with E-state index in [4.69, 9.17) is 20.8 Å². The first-order valence-electron chi connectivity index (χ1n) is 8.56. The van der Waals surface area contributed by atoms with Crippen LogP contribution in [-0.4, -0.2) is 11.0 Å². The summed E-state index contributed by atoms with van der Waals surface area (Å²) in [6.07, 6.45) is 0.981. The van der Waals surface area contributed by atoms with Crippen molar-refractivity contribution in [2.45, 2.75) is 18.6 Å². The van der Waals surface area contributed by atoms with Crippen LogP contribution >= 0.6 is 11.6 Å². The molecule has 7 nitrogen and oxygen atoms in total. The Labute approximate surface area is 165 Å². The lowest BCUT2D eigenvalue weighted by atomic mass is 9.97. The maximum Gasteiger partial charge on any atom is 0.415 e. The molecule has 0 N–H and O–H groups in total. The van der Waals surface area contributed by atoms with Crippen molar-refractivity contribution in [3.8, 4) is 0 Å². The first kappa shape index (κ1) is 18.1. The first-order chi connectivity index (χ1) is 13.5. The number of rotatable bonds is 4. The molecule has 1 saturated heterocycles. The number of hydrogen-bond donors (Lipinski definition) is 0. The van der Waals surface area contributed by atoms with Crippen molar-refractivity contribution in [3.63, 3.8) is 0 Å². The quantitative estimate of drug-likeness (QED) is 0.417. The van der Waals surface area contributed by atoms with Crippen LogP contribution in [0.3, 0.4) is 0 Å². The highest BCUT2D eigenvalue weighted by molar-refractivity contribution is 6.30. The molecule has 8 heteroatoms. The summed E-state index contributed by atoms with van der Waals surface area (Å²) in [5.74, 6) is 0.606. The van der Waals surface area contributed by atoms with Crippen molar-refractivity contribution in [3.05, 3.63) is 93.4 Å². The monoisotopic (exact) mass is 398 g/mol. The molecule has 0 radical (unpaired) electrons. The molecule has 142 valence electrons. The van der Waals surface area contributed by atoms with Gasteiger partial charge in [-0.2, -0.15) is 0 Å². The Morgan fingerprint density at radius 3 is 2.39 bits per heavy atom. The van der Waals surface area contributed by atoms with E-state index in [0.717, 1.165) is 5.56 Å². The van der Waals surface area contributed by atoms with E-state index in [0.29, 0.717) is 22.9 Å². The van der Waals surface area contributed by atoms with Crippen LogP contribution < -0.4 is 4.90 Å². The van der Waals surface area contributed by atoms with E-state index < -0.39 is 23.2 Å². The number of ether oxygens (including phenoxy) is 1. The molecule has 1 aliphatic rings. The molecule has 28 heavy (non-hydrogen) atoms. The lowest BCUT2D eigenvalue weighted by Gasteiger charge is -2.38. The topological polar surface area (TPSA) is 85.8 Å². The second-order valence-corrected chi connectivity index (χ2v) is 6.77. The number of nitro groups is 1. The Kier molecular flexibility index (Phi) is 4.75. The molecule has 0 saturated carbocycles. The zero-order chi connectivity index (χ0) is 19.7. The van der Waals surface area contributed by atoms with E-state index in [2.05, 4.69) is 0 Å². The van der Waals surface area contributed by atoms with Gasteiger partial charge in [0.1, 0.15) is 17.9 Å². The molecule has 1 fully saturated rings. The van der Waals surface area contributed by atoms with Gasteiger partial charge in [-0.1, -0.05) is 23.7 Å². The Morgan fingerprint density at radius 2 is 1.79 bits per heavy atom. The molecular formula is C20H15ClN2O5. The van der Waals surface area contributed by atoms with Gasteiger partial charge in [-0.25, -0.2) is 4.79 Å². The number of furan rings is 1. The maximum atomic E-state index is 12.9. The third-order valence-electron chi connectivity index (χ3n) is 4.64. The highest BCUT2D eigenvalue weighted by Crippen LogP contribution is 2.41. The molecule has 0 bridgehead atoms. The third kappa shape index (κ3) is 3.44. The van der Waals surface area contributed by atoms with E-state index in [9.17, 15) is 14.9 Å². The number of carbonyl (C=O) groups excluding carboxylic acids is 1. The number of nitrogens with zero attached hydrogens (tertiary/aromatic N) is 2. The molecule has 1 amide bonds. The Bertz CT molecular complexity index is 986. The first-order valence-corrected chi connectivity index (χ1v) is 8.94. The van der Waals surface area contributed by atoms with Crippen molar-refractivity contribution in [1.29, 1.82) is 0 Å². The van der Waals surface area contributed by atoms with Crippen molar-refractivity contribution >= 4 is 29.1 Å². The fraction of sp³-hybridized carbons (Fsp3) is 0.150. The van der Waals surface area contributed by atoms with Gasteiger partial charge in [0.15, 0.2) is 0 Å². The third-order valence-corrected chi connectivity index (χ3v) is 4.89. The van der Waals surface area contributed by atoms with Gasteiger partial charge < -0.3 is 9.15 Å². The van der Waals surface area contributed by atoms with Gasteiger partial charge in [-0.05, 0) is 42.0 Å². The summed E-state index contributed by atoms with van der Waals surface area (Å²) in [7, 11) is 0. The second-order valence-electron chi connectivity index (χ2n) is 6.33. The fourth-order valence-corrected chi connectivity index (χ4v) is 3.41. The molecule has 3 aromatic rings. The zero-order valence-electron chi connectivity index (χ0n) is 14.5. The SMILES string of the molecule is O=C1OC(c2ccc(Cl)cc2)CC(c2ccco2)N1c1ccc([N+](=O)[O-])cc1. The van der Waals surface area contributed by atoms with Crippen LogP contribution in [0.25, 0.3) is 0 Å². The lowest BCUT2D eigenvalue weighted by Crippen LogP contribution is -2.41. The number of amides is 1. The molecule has 0 aliphatic carbocycles. The minimum Gasteiger partial charge on any atom is -0.467 e. The largest absolute Gasteiger partial charge is 0.467 e. The average molecular weight is 399 g/mol. The smallest absolute Gasteiger partial charge is 0.415 e. The lowest BCUT2D eigenvalue weighted by molar-refractivity contribution is -0.384. The van der Waals surface area contributed by atoms with Crippen LogP contribution in [0.5, 0.6) is 0 Å². The van der Waals surface area contributed by atoms with Gasteiger partial charge in [0.05, 0.1) is 11.2 Å². The molecular weight excluding hydrogens is 384 g/mol. The van der Waals surface area contributed by atoms with Crippen LogP contribution in [0.4, 0.5) is 16.2 Å². The number of hydrogen-bond acceptors (Lipinski definition) is 5. The number of non-ortho nitro benzene ring substituents is 1. The number of carbonyl (C=O) groups is 1. The highest BCUT2D eigenvalue weighted by atomic mass is 35.5. The van der Waals surface area contributed by atoms with Crippen LogP contribution in [0.15, 0.2) is 71.3 Å². The molecule has 2 atom stereocenters. The van der Waals surface area contributed by atoms with E-state index in [-0.39, 0.29) is 5.69 Å². The summed E-state index contributed by atoms with van der Waals surface area (Å²) in [6, 6.07) is 16.0. The van der Waals surface area contributed by atoms with Gasteiger partial charge in [-0.15, -0.1) is 0 Å². The summed E-state index contributed by atoms with van der Waals surface area (Å²) >= 11 is 5.95. The Balaban J connectivity index is 1.69. The van der Waals surface area contributed by atoms with Gasteiger partial charge in [-0.3, -0.25) is 15.0 Å². The standard InChI is InChI=1S/C20H15ClN2O5/c21-14-5-3-13(4-6-14)19-12-17(18-2-1-11-27-18)22(20(24)28-19)15-7-9-16(10-8-15)23(25)26/h1-11,17,19H,12H2. The molecule has 2 heterocycles. The Hall–Kier alpha value is -3.32. The summed E-state index contributed by atoms with van der Waals surface area (Å²) in [5.41, 5.74) is 1.27. The van der Waals surface area contributed by atoms with Crippen molar-refractivity contribution < 1.29 is 18.9 Å². The Morgan fingerprint density at radius 1 is 1.07 bits per heavy atom. The number of cyclic esters (lactones) is 1. The van der Waals surface area contributed by atoms with E-state index in [1.807, 2.05) is 12.1 Å². The van der Waals surface area contributed by atoms with Gasteiger partial charge in [0.2, 0.25) is 0 Å². The summed E-state index contributed by atoms with van der Waals surface area (Å²) < 4.78 is 11.2. The molecule has 4 rings (SSSR count). The summed E-state index contributed by atoms with van der Waals surface area (Å²) in [4.78, 5) is 24.7. The van der Waals surface area contributed by atoms with Gasteiger partial charge in [0.25, 0.3) is 5.69 Å². The summed E-state index contributed by atoms with van der Waals surface area (Å²) in [5, 5.41) is 11.5. The highest BCUT2D eigenvalue weighted by Gasteiger charge is 2.39. The van der Waals surface area contributed by atoms with Gasteiger partial charge >= 0.3 is 6.09 Å². The van der Waals surface area contributed by atoms with Crippen LogP contribution in [0, 0.1) is 10.1 Å². The normalized spacial score (nSPS) is 19.3. The minimum atomic E-state index is -0.554. The van der Waals surface area contributed by atoms with E-state index in [1.54, 1.807) is 30.5 Å². The predicted molar refractivity (Wildman–Crippen MR) is 102 cm³/mol. The average Bonchev–Trinajstić information content (AvgIpc) is 3.23. The van der Waals surface area contributed by atoms with Crippen molar-refractivity contribution in [2.24, 2.45) is 0 Å². The minimum absolute atomic E-state index is 0.0530. The number of benzene rings is 2. The zero-order valence-corrected chi connectivity index (χ0v) is 15.3. The molecule has 1 aliphatic heterocycles. The van der Waals surface area contributed by atoms with Gasteiger partial charge in [0, 0.05) is 29.3 Å². The molecule has 1 aromatic heterocycles. The number of halogens is 1. The number of anilines is 1. The summed E-state index contributed by atoms with van der Waals surface area (Å²) in [6.45, 7) is 0. The van der Waals surface area contributed by atoms with Crippen molar-refractivity contribution in [1.82, 2.24) is 0 Å². The fourth-order valence-electron chi connectivity index (χ4n) is 3.29. The molecule has 2 aromatic carbocycles. The predicted octanol–water partition coefficient (Wildman–Crippen LogP) is 5.67.